The molecular formula is C20H30N4O5S. The number of thiophene rings is 1. The minimum atomic E-state index is -0.250. The second-order valence-electron chi connectivity index (χ2n) is 8.12. The van der Waals surface area contributed by atoms with Gasteiger partial charge in [0.05, 0.1) is 13.0 Å². The summed E-state index contributed by atoms with van der Waals surface area (Å²) in [6.45, 7) is 4.71. The molecule has 0 bridgehead atoms. The van der Waals surface area contributed by atoms with Gasteiger partial charge in [0.1, 0.15) is 0 Å². The SMILES string of the molecule is CC(=O)NCC(=O)N1C[C@@H]2CN(C(=O)Cc3cccs3)C[C@]2(CN(C)C)C1.O=CO. The number of carboxylic acid groups (broad SMARTS) is 1. The number of amides is 3. The number of hydrogen-bond acceptors (Lipinski definition) is 6. The first-order valence-corrected chi connectivity index (χ1v) is 10.6. The summed E-state index contributed by atoms with van der Waals surface area (Å²) >= 11 is 1.61. The molecule has 2 fully saturated rings. The lowest BCUT2D eigenvalue weighted by Gasteiger charge is -2.32. The van der Waals surface area contributed by atoms with E-state index in [1.807, 2.05) is 41.4 Å². The Morgan fingerprint density at radius 1 is 1.27 bits per heavy atom. The molecule has 3 rings (SSSR count). The van der Waals surface area contributed by atoms with E-state index in [-0.39, 0.29) is 42.1 Å². The third-order valence-corrected chi connectivity index (χ3v) is 6.37. The molecule has 2 aliphatic rings. The second kappa shape index (κ2) is 10.5. The summed E-state index contributed by atoms with van der Waals surface area (Å²) in [5, 5.41) is 11.5. The van der Waals surface area contributed by atoms with E-state index in [0.717, 1.165) is 11.4 Å². The third kappa shape index (κ3) is 6.02. The molecule has 30 heavy (non-hydrogen) atoms. The summed E-state index contributed by atoms with van der Waals surface area (Å²) in [7, 11) is 4.06. The van der Waals surface area contributed by atoms with Gasteiger partial charge in [0, 0.05) is 55.9 Å². The fourth-order valence-corrected chi connectivity index (χ4v) is 5.10. The van der Waals surface area contributed by atoms with Crippen LogP contribution in [0.2, 0.25) is 0 Å². The van der Waals surface area contributed by atoms with Crippen molar-refractivity contribution in [1.82, 2.24) is 20.0 Å². The van der Waals surface area contributed by atoms with Crippen LogP contribution in [0.4, 0.5) is 0 Å². The lowest BCUT2D eigenvalue weighted by Crippen LogP contribution is -2.45. The zero-order chi connectivity index (χ0) is 22.3. The summed E-state index contributed by atoms with van der Waals surface area (Å²) in [4.78, 5) is 51.7. The highest BCUT2D eigenvalue weighted by atomic mass is 32.1. The van der Waals surface area contributed by atoms with Gasteiger partial charge in [-0.3, -0.25) is 19.2 Å². The van der Waals surface area contributed by atoms with Gasteiger partial charge in [-0.25, -0.2) is 0 Å². The third-order valence-electron chi connectivity index (χ3n) is 5.49. The summed E-state index contributed by atoms with van der Waals surface area (Å²) in [6.07, 6.45) is 0.452. The molecule has 0 aromatic carbocycles. The second-order valence-corrected chi connectivity index (χ2v) is 9.15. The molecule has 3 amide bonds. The van der Waals surface area contributed by atoms with Crippen LogP contribution in [0.3, 0.4) is 0 Å². The highest BCUT2D eigenvalue weighted by molar-refractivity contribution is 7.10. The van der Waals surface area contributed by atoms with Crippen LogP contribution in [-0.2, 0) is 25.6 Å². The molecule has 2 atom stereocenters. The Morgan fingerprint density at radius 3 is 2.37 bits per heavy atom. The summed E-state index contributed by atoms with van der Waals surface area (Å²) in [6, 6.07) is 3.97. The molecule has 1 aromatic rings. The van der Waals surface area contributed by atoms with E-state index < -0.39 is 0 Å². The maximum Gasteiger partial charge on any atom is 0.290 e. The van der Waals surface area contributed by atoms with Crippen molar-refractivity contribution in [2.24, 2.45) is 11.3 Å². The molecule has 0 aliphatic carbocycles. The quantitative estimate of drug-likeness (QED) is 0.604. The van der Waals surface area contributed by atoms with Crippen LogP contribution >= 0.6 is 11.3 Å². The van der Waals surface area contributed by atoms with Gasteiger partial charge in [0.25, 0.3) is 6.47 Å². The van der Waals surface area contributed by atoms with E-state index in [1.165, 1.54) is 6.92 Å². The van der Waals surface area contributed by atoms with Crippen molar-refractivity contribution in [3.05, 3.63) is 22.4 Å². The average molecular weight is 439 g/mol. The van der Waals surface area contributed by atoms with E-state index in [9.17, 15) is 14.4 Å². The molecule has 2 aliphatic heterocycles. The molecular weight excluding hydrogens is 408 g/mol. The molecule has 1 aromatic heterocycles. The van der Waals surface area contributed by atoms with Crippen LogP contribution in [0.1, 0.15) is 11.8 Å². The van der Waals surface area contributed by atoms with Gasteiger partial charge >= 0.3 is 0 Å². The Balaban J connectivity index is 0.00000101. The van der Waals surface area contributed by atoms with E-state index in [4.69, 9.17) is 9.90 Å². The lowest BCUT2D eigenvalue weighted by atomic mass is 9.80. The Labute approximate surface area is 180 Å². The minimum absolute atomic E-state index is 0.0428. The number of nitrogens with zero attached hydrogens (tertiary/aromatic N) is 3. The van der Waals surface area contributed by atoms with Gasteiger partial charge < -0.3 is 25.1 Å². The molecule has 0 spiro atoms. The maximum absolute atomic E-state index is 12.8. The zero-order valence-electron chi connectivity index (χ0n) is 17.7. The number of likely N-dealkylation sites (tertiary alicyclic amines) is 2. The molecule has 0 radical (unpaired) electrons. The van der Waals surface area contributed by atoms with Gasteiger partial charge in [-0.15, -0.1) is 11.3 Å². The first-order chi connectivity index (χ1) is 14.2. The van der Waals surface area contributed by atoms with Crippen LogP contribution in [0.15, 0.2) is 17.5 Å². The first-order valence-electron chi connectivity index (χ1n) is 9.75. The predicted octanol–water partition coefficient (Wildman–Crippen LogP) is -0.0239. The topological polar surface area (TPSA) is 110 Å². The Kier molecular flexibility index (Phi) is 8.36. The number of fused-ring (bicyclic) bond motifs is 1. The molecule has 2 saturated heterocycles. The fourth-order valence-electron chi connectivity index (χ4n) is 4.40. The van der Waals surface area contributed by atoms with Crippen LogP contribution in [-0.4, -0.2) is 97.4 Å². The zero-order valence-corrected chi connectivity index (χ0v) is 18.5. The van der Waals surface area contributed by atoms with Crippen LogP contribution in [0, 0.1) is 11.3 Å². The Bertz CT molecular complexity index is 754. The van der Waals surface area contributed by atoms with Crippen molar-refractivity contribution in [1.29, 1.82) is 0 Å². The molecule has 2 N–H and O–H groups in total. The number of rotatable bonds is 6. The summed E-state index contributed by atoms with van der Waals surface area (Å²) < 4.78 is 0. The standard InChI is InChI=1S/C19H28N4O3S.CH2O2/c1-14(24)20-8-18(26)23-10-15-9-22(12-19(15,13-23)11-21(2)3)17(25)7-16-5-4-6-27-16;2-1-3/h4-6,15H,7-13H2,1-3H3,(H,20,24);1H,(H,2,3)/t15-,19+;/m0./s1. The van der Waals surface area contributed by atoms with Gasteiger partial charge in [0.15, 0.2) is 0 Å². The highest BCUT2D eigenvalue weighted by Gasteiger charge is 2.54. The number of nitrogens with one attached hydrogen (secondary N) is 1. The largest absolute Gasteiger partial charge is 0.483 e. The van der Waals surface area contributed by atoms with Gasteiger partial charge in [-0.05, 0) is 25.5 Å². The van der Waals surface area contributed by atoms with Crippen LogP contribution in [0.5, 0.6) is 0 Å². The molecule has 10 heteroatoms. The summed E-state index contributed by atoms with van der Waals surface area (Å²) in [5.41, 5.74) is -0.0967. The van der Waals surface area contributed by atoms with Crippen LogP contribution < -0.4 is 5.32 Å². The van der Waals surface area contributed by atoms with Gasteiger partial charge in [-0.1, -0.05) is 6.07 Å². The number of hydrogen-bond donors (Lipinski definition) is 2. The first kappa shape index (κ1) is 23.8. The average Bonchev–Trinajstić information content (AvgIpc) is 3.34. The molecule has 166 valence electrons. The molecule has 3 heterocycles. The Morgan fingerprint density at radius 2 is 1.87 bits per heavy atom. The van der Waals surface area contributed by atoms with Gasteiger partial charge in [-0.2, -0.15) is 0 Å². The smallest absolute Gasteiger partial charge is 0.290 e. The van der Waals surface area contributed by atoms with Crippen molar-refractivity contribution >= 4 is 35.5 Å². The minimum Gasteiger partial charge on any atom is -0.483 e. The normalized spacial score (nSPS) is 22.3. The highest BCUT2D eigenvalue weighted by Crippen LogP contribution is 2.43. The number of carbonyl (C=O) groups excluding carboxylic acids is 3. The van der Waals surface area contributed by atoms with E-state index >= 15 is 0 Å². The molecule has 0 unspecified atom stereocenters. The molecule has 0 saturated carbocycles. The number of carbonyl (C=O) groups is 4. The lowest BCUT2D eigenvalue weighted by molar-refractivity contribution is -0.133. The van der Waals surface area contributed by atoms with Crippen molar-refractivity contribution < 1.29 is 24.3 Å². The van der Waals surface area contributed by atoms with E-state index in [2.05, 4.69) is 10.2 Å². The molecule has 9 nitrogen and oxygen atoms in total. The van der Waals surface area contributed by atoms with Crippen molar-refractivity contribution in [2.45, 2.75) is 13.3 Å². The maximum atomic E-state index is 12.8. The van der Waals surface area contributed by atoms with Crippen LogP contribution in [0.25, 0.3) is 0 Å². The van der Waals surface area contributed by atoms with Crippen molar-refractivity contribution in [3.63, 3.8) is 0 Å². The van der Waals surface area contributed by atoms with E-state index in [0.29, 0.717) is 32.6 Å². The summed E-state index contributed by atoms with van der Waals surface area (Å²) in [5.74, 6) is 0.194. The van der Waals surface area contributed by atoms with Crippen molar-refractivity contribution in [2.75, 3.05) is 53.4 Å². The Hall–Kier alpha value is -2.46. The van der Waals surface area contributed by atoms with Crippen molar-refractivity contribution in [3.8, 4) is 0 Å². The fraction of sp³-hybridized carbons (Fsp3) is 0.600. The van der Waals surface area contributed by atoms with E-state index in [1.54, 1.807) is 11.3 Å². The van der Waals surface area contributed by atoms with Gasteiger partial charge in [0.2, 0.25) is 17.7 Å². The predicted molar refractivity (Wildman–Crippen MR) is 113 cm³/mol. The monoisotopic (exact) mass is 438 g/mol.